The van der Waals surface area contributed by atoms with Gasteiger partial charge in [0.2, 0.25) is 0 Å². The SMILES string of the molecule is Cl.Cn1nccc1NC(=O)[C@@H]1CC[C@H](CN)O1. The van der Waals surface area contributed by atoms with E-state index in [1.807, 2.05) is 0 Å². The van der Waals surface area contributed by atoms with E-state index in [1.165, 1.54) is 0 Å². The molecular weight excluding hydrogens is 244 g/mol. The average Bonchev–Trinajstić information content (AvgIpc) is 2.88. The summed E-state index contributed by atoms with van der Waals surface area (Å²) in [4.78, 5) is 11.8. The highest BCUT2D eigenvalue weighted by Gasteiger charge is 2.30. The van der Waals surface area contributed by atoms with Crippen LogP contribution >= 0.6 is 12.4 Å². The minimum Gasteiger partial charge on any atom is -0.364 e. The van der Waals surface area contributed by atoms with Gasteiger partial charge in [-0.15, -0.1) is 12.4 Å². The minimum absolute atomic E-state index is 0. The molecule has 1 fully saturated rings. The van der Waals surface area contributed by atoms with Crippen LogP contribution in [0.3, 0.4) is 0 Å². The van der Waals surface area contributed by atoms with Gasteiger partial charge in [0.15, 0.2) is 0 Å². The molecular formula is C10H17ClN4O2. The Labute approximate surface area is 106 Å². The van der Waals surface area contributed by atoms with E-state index >= 15 is 0 Å². The third-order valence-corrected chi connectivity index (χ3v) is 2.74. The summed E-state index contributed by atoms with van der Waals surface area (Å²) < 4.78 is 7.10. The molecule has 0 aliphatic carbocycles. The quantitative estimate of drug-likeness (QED) is 0.818. The van der Waals surface area contributed by atoms with E-state index in [2.05, 4.69) is 10.4 Å². The maximum absolute atomic E-state index is 11.8. The number of carbonyl (C=O) groups excluding carboxylic acids is 1. The van der Waals surface area contributed by atoms with Crippen LogP contribution < -0.4 is 11.1 Å². The van der Waals surface area contributed by atoms with Crippen molar-refractivity contribution in [1.82, 2.24) is 9.78 Å². The largest absolute Gasteiger partial charge is 0.364 e. The van der Waals surface area contributed by atoms with Gasteiger partial charge < -0.3 is 15.8 Å². The molecule has 0 saturated carbocycles. The zero-order valence-electron chi connectivity index (χ0n) is 9.63. The number of aromatic nitrogens is 2. The Morgan fingerprint density at radius 1 is 1.71 bits per heavy atom. The molecule has 1 aromatic heterocycles. The van der Waals surface area contributed by atoms with Gasteiger partial charge in [-0.2, -0.15) is 5.10 Å². The molecule has 1 saturated heterocycles. The Morgan fingerprint density at radius 3 is 3.00 bits per heavy atom. The Kier molecular flexibility index (Phi) is 4.92. The Morgan fingerprint density at radius 2 is 2.47 bits per heavy atom. The number of amides is 1. The smallest absolute Gasteiger partial charge is 0.254 e. The van der Waals surface area contributed by atoms with Crippen LogP contribution in [0.5, 0.6) is 0 Å². The molecule has 1 amide bonds. The first-order valence-corrected chi connectivity index (χ1v) is 5.35. The van der Waals surface area contributed by atoms with Crippen molar-refractivity contribution in [3.8, 4) is 0 Å². The second-order valence-electron chi connectivity index (χ2n) is 3.89. The van der Waals surface area contributed by atoms with E-state index in [0.29, 0.717) is 12.4 Å². The van der Waals surface area contributed by atoms with E-state index in [9.17, 15) is 4.79 Å². The Bertz CT molecular complexity index is 382. The van der Waals surface area contributed by atoms with Crippen molar-refractivity contribution in [3.63, 3.8) is 0 Å². The van der Waals surface area contributed by atoms with Crippen LogP contribution in [0.15, 0.2) is 12.3 Å². The van der Waals surface area contributed by atoms with Crippen molar-refractivity contribution in [2.45, 2.75) is 25.0 Å². The summed E-state index contributed by atoms with van der Waals surface area (Å²) in [6.45, 7) is 0.468. The first-order valence-electron chi connectivity index (χ1n) is 5.35. The lowest BCUT2D eigenvalue weighted by Crippen LogP contribution is -2.30. The number of ether oxygens (including phenoxy) is 1. The van der Waals surface area contributed by atoms with Crippen molar-refractivity contribution in [2.75, 3.05) is 11.9 Å². The van der Waals surface area contributed by atoms with Gasteiger partial charge >= 0.3 is 0 Å². The maximum atomic E-state index is 11.8. The molecule has 2 atom stereocenters. The van der Waals surface area contributed by atoms with Crippen LogP contribution in [0.1, 0.15) is 12.8 Å². The third kappa shape index (κ3) is 3.18. The maximum Gasteiger partial charge on any atom is 0.254 e. The number of carbonyl (C=O) groups is 1. The molecule has 0 bridgehead atoms. The number of nitrogens with one attached hydrogen (secondary N) is 1. The molecule has 1 aliphatic heterocycles. The number of anilines is 1. The summed E-state index contributed by atoms with van der Waals surface area (Å²) in [5, 5.41) is 6.74. The monoisotopic (exact) mass is 260 g/mol. The van der Waals surface area contributed by atoms with Gasteiger partial charge in [-0.05, 0) is 12.8 Å². The van der Waals surface area contributed by atoms with Crippen molar-refractivity contribution >= 4 is 24.1 Å². The topological polar surface area (TPSA) is 82.2 Å². The summed E-state index contributed by atoms with van der Waals surface area (Å²) in [5.74, 6) is 0.546. The highest BCUT2D eigenvalue weighted by Crippen LogP contribution is 2.20. The second-order valence-corrected chi connectivity index (χ2v) is 3.89. The summed E-state index contributed by atoms with van der Waals surface area (Å²) >= 11 is 0. The number of nitrogens with zero attached hydrogens (tertiary/aromatic N) is 2. The molecule has 7 heteroatoms. The molecule has 96 valence electrons. The van der Waals surface area contributed by atoms with Crippen LogP contribution in [0.4, 0.5) is 5.82 Å². The molecule has 2 heterocycles. The van der Waals surface area contributed by atoms with Crippen LogP contribution in [-0.2, 0) is 16.6 Å². The number of hydrogen-bond donors (Lipinski definition) is 2. The van der Waals surface area contributed by atoms with Crippen molar-refractivity contribution in [2.24, 2.45) is 12.8 Å². The molecule has 1 aliphatic rings. The van der Waals surface area contributed by atoms with Gasteiger partial charge in [-0.3, -0.25) is 9.48 Å². The molecule has 6 nitrogen and oxygen atoms in total. The van der Waals surface area contributed by atoms with Crippen LogP contribution in [-0.4, -0.2) is 34.4 Å². The predicted molar refractivity (Wildman–Crippen MR) is 66.0 cm³/mol. The minimum atomic E-state index is -0.386. The summed E-state index contributed by atoms with van der Waals surface area (Å²) in [6, 6.07) is 1.74. The van der Waals surface area contributed by atoms with E-state index in [4.69, 9.17) is 10.5 Å². The van der Waals surface area contributed by atoms with Gasteiger partial charge in [-0.25, -0.2) is 0 Å². The molecule has 2 rings (SSSR count). The average molecular weight is 261 g/mol. The summed E-state index contributed by atoms with van der Waals surface area (Å²) in [6.07, 6.45) is 2.84. The van der Waals surface area contributed by atoms with Crippen LogP contribution in [0.25, 0.3) is 0 Å². The fraction of sp³-hybridized carbons (Fsp3) is 0.600. The van der Waals surface area contributed by atoms with Crippen molar-refractivity contribution < 1.29 is 9.53 Å². The fourth-order valence-corrected chi connectivity index (χ4v) is 1.78. The zero-order chi connectivity index (χ0) is 11.5. The molecule has 0 spiro atoms. The van der Waals surface area contributed by atoms with E-state index < -0.39 is 0 Å². The van der Waals surface area contributed by atoms with Crippen molar-refractivity contribution in [1.29, 1.82) is 0 Å². The van der Waals surface area contributed by atoms with E-state index in [1.54, 1.807) is 24.0 Å². The summed E-state index contributed by atoms with van der Waals surface area (Å²) in [5.41, 5.74) is 5.49. The number of nitrogens with two attached hydrogens (primary N) is 1. The first kappa shape index (κ1) is 14.0. The highest BCUT2D eigenvalue weighted by atomic mass is 35.5. The normalized spacial score (nSPS) is 23.2. The zero-order valence-corrected chi connectivity index (χ0v) is 10.4. The summed E-state index contributed by atoms with van der Waals surface area (Å²) in [7, 11) is 1.77. The second kappa shape index (κ2) is 6.00. The van der Waals surface area contributed by atoms with Gasteiger partial charge in [0, 0.05) is 19.7 Å². The van der Waals surface area contributed by atoms with Gasteiger partial charge in [0.05, 0.1) is 12.3 Å². The van der Waals surface area contributed by atoms with Gasteiger partial charge in [0.25, 0.3) is 5.91 Å². The fourth-order valence-electron chi connectivity index (χ4n) is 1.78. The molecule has 0 aromatic carbocycles. The number of halogens is 1. The van der Waals surface area contributed by atoms with E-state index in [0.717, 1.165) is 12.8 Å². The van der Waals surface area contributed by atoms with E-state index in [-0.39, 0.29) is 30.5 Å². The predicted octanol–water partition coefficient (Wildman–Crippen LogP) is 0.287. The standard InChI is InChI=1S/C10H16N4O2.ClH/c1-14-9(4-5-12-14)13-10(15)8-3-2-7(6-11)16-8;/h4-5,7-8H,2-3,6,11H2,1H3,(H,13,15);1H/t7-,8+;/m1./s1. The highest BCUT2D eigenvalue weighted by molar-refractivity contribution is 5.93. The van der Waals surface area contributed by atoms with Gasteiger partial charge in [-0.1, -0.05) is 0 Å². The van der Waals surface area contributed by atoms with Crippen LogP contribution in [0.2, 0.25) is 0 Å². The molecule has 1 aromatic rings. The molecule has 0 unspecified atom stereocenters. The lowest BCUT2D eigenvalue weighted by molar-refractivity contribution is -0.126. The number of hydrogen-bond acceptors (Lipinski definition) is 4. The lowest BCUT2D eigenvalue weighted by atomic mass is 10.2. The lowest BCUT2D eigenvalue weighted by Gasteiger charge is -2.12. The first-order chi connectivity index (χ1) is 7.70. The molecule has 17 heavy (non-hydrogen) atoms. The van der Waals surface area contributed by atoms with Crippen LogP contribution in [0, 0.1) is 0 Å². The van der Waals surface area contributed by atoms with Gasteiger partial charge in [0.1, 0.15) is 11.9 Å². The number of aryl methyl sites for hydroxylation is 1. The Hall–Kier alpha value is -1.11. The van der Waals surface area contributed by atoms with Crippen molar-refractivity contribution in [3.05, 3.63) is 12.3 Å². The Balaban J connectivity index is 0.00000144. The molecule has 3 N–H and O–H groups in total. The molecule has 0 radical (unpaired) electrons. The third-order valence-electron chi connectivity index (χ3n) is 2.74. The number of rotatable bonds is 3.